The summed E-state index contributed by atoms with van der Waals surface area (Å²) in [6, 6.07) is 14.3. The second kappa shape index (κ2) is 9.13. The minimum absolute atomic E-state index is 0.0246. The Bertz CT molecular complexity index is 1010. The molecule has 1 saturated heterocycles. The molecule has 0 spiro atoms. The molecule has 2 aromatic carbocycles. The Morgan fingerprint density at radius 1 is 1.06 bits per heavy atom. The molecule has 2 aromatic rings. The van der Waals surface area contributed by atoms with Crippen LogP contribution in [0.4, 0.5) is 9.59 Å². The first-order valence-corrected chi connectivity index (χ1v) is 10.4. The molecule has 0 aromatic heterocycles. The molecule has 2 aliphatic rings. The van der Waals surface area contributed by atoms with Gasteiger partial charge in [-0.3, -0.25) is 4.90 Å². The van der Waals surface area contributed by atoms with E-state index in [0.717, 1.165) is 27.2 Å². The Morgan fingerprint density at radius 2 is 1.69 bits per heavy atom. The van der Waals surface area contributed by atoms with Gasteiger partial charge >= 0.3 is 18.2 Å². The summed E-state index contributed by atoms with van der Waals surface area (Å²) >= 11 is 0. The third kappa shape index (κ3) is 4.16. The molecule has 1 unspecified atom stereocenters. The van der Waals surface area contributed by atoms with E-state index in [0.29, 0.717) is 0 Å². The number of alkyl carbamates (subject to hydrolysis) is 1. The smallest absolute Gasteiger partial charge is 0.410 e. The number of amides is 2. The van der Waals surface area contributed by atoms with Crippen molar-refractivity contribution in [2.45, 2.75) is 24.4 Å². The van der Waals surface area contributed by atoms with Crippen LogP contribution in [0.25, 0.3) is 11.1 Å². The summed E-state index contributed by atoms with van der Waals surface area (Å²) in [4.78, 5) is 37.5. The van der Waals surface area contributed by atoms with Crippen LogP contribution in [0.1, 0.15) is 23.5 Å². The van der Waals surface area contributed by atoms with Crippen molar-refractivity contribution >= 4 is 18.2 Å². The first kappa shape index (κ1) is 21.4. The second-order valence-electron chi connectivity index (χ2n) is 7.77. The summed E-state index contributed by atoms with van der Waals surface area (Å²) in [5, 5.41) is 12.1. The predicted molar refractivity (Wildman–Crippen MR) is 116 cm³/mol. The number of carbonyl (C=O) groups is 3. The summed E-state index contributed by atoms with van der Waals surface area (Å²) in [5.41, 5.74) is 4.36. The fraction of sp³-hybridized carbons (Fsp3) is 0.292. The van der Waals surface area contributed by atoms with Crippen molar-refractivity contribution in [3.05, 3.63) is 72.3 Å². The Hall–Kier alpha value is -3.81. The fourth-order valence-electron chi connectivity index (χ4n) is 4.40. The van der Waals surface area contributed by atoms with Crippen molar-refractivity contribution in [1.29, 1.82) is 0 Å². The SMILES string of the molecule is C=CCOC(=O)NC1C[C@@H](C(=O)O)N(C(=O)OCC2c3ccccc3-c3ccccc32)C1. The molecule has 1 fully saturated rings. The number of fused-ring (bicyclic) bond motifs is 3. The number of carboxylic acid groups (broad SMARTS) is 1. The lowest BCUT2D eigenvalue weighted by Gasteiger charge is -2.22. The van der Waals surface area contributed by atoms with Gasteiger partial charge in [-0.05, 0) is 22.3 Å². The Morgan fingerprint density at radius 3 is 2.28 bits per heavy atom. The average Bonchev–Trinajstić information content (AvgIpc) is 3.36. The van der Waals surface area contributed by atoms with Crippen LogP contribution in [-0.2, 0) is 14.3 Å². The van der Waals surface area contributed by atoms with Gasteiger partial charge in [0.25, 0.3) is 0 Å². The third-order valence-corrected chi connectivity index (χ3v) is 5.81. The van der Waals surface area contributed by atoms with Crippen molar-refractivity contribution in [2.75, 3.05) is 19.8 Å². The van der Waals surface area contributed by atoms with Gasteiger partial charge in [0.15, 0.2) is 0 Å². The van der Waals surface area contributed by atoms with Gasteiger partial charge in [0.1, 0.15) is 19.3 Å². The molecule has 1 aliphatic heterocycles. The quantitative estimate of drug-likeness (QED) is 0.673. The van der Waals surface area contributed by atoms with Gasteiger partial charge in [0, 0.05) is 18.9 Å². The van der Waals surface area contributed by atoms with Gasteiger partial charge in [0.05, 0.1) is 6.04 Å². The molecule has 2 atom stereocenters. The Balaban J connectivity index is 1.44. The number of carboxylic acids is 1. The van der Waals surface area contributed by atoms with Crippen LogP contribution >= 0.6 is 0 Å². The van der Waals surface area contributed by atoms with Crippen LogP contribution in [0.15, 0.2) is 61.2 Å². The van der Waals surface area contributed by atoms with E-state index in [2.05, 4.69) is 11.9 Å². The number of likely N-dealkylation sites (tertiary alicyclic amines) is 1. The second-order valence-corrected chi connectivity index (χ2v) is 7.77. The van der Waals surface area contributed by atoms with E-state index in [4.69, 9.17) is 9.47 Å². The van der Waals surface area contributed by atoms with E-state index in [9.17, 15) is 19.5 Å². The van der Waals surface area contributed by atoms with Crippen LogP contribution in [-0.4, -0.2) is 60.0 Å². The lowest BCUT2D eigenvalue weighted by molar-refractivity contribution is -0.141. The van der Waals surface area contributed by atoms with Crippen LogP contribution < -0.4 is 5.32 Å². The Kier molecular flexibility index (Phi) is 6.11. The van der Waals surface area contributed by atoms with Gasteiger partial charge in [-0.15, -0.1) is 0 Å². The lowest BCUT2D eigenvalue weighted by atomic mass is 9.98. The highest BCUT2D eigenvalue weighted by atomic mass is 16.6. The molecule has 1 aliphatic carbocycles. The molecular formula is C24H24N2O6. The maximum atomic E-state index is 12.8. The van der Waals surface area contributed by atoms with Crippen LogP contribution in [0.2, 0.25) is 0 Å². The number of aliphatic carboxylic acids is 1. The van der Waals surface area contributed by atoms with Gasteiger partial charge in [-0.1, -0.05) is 61.2 Å². The van der Waals surface area contributed by atoms with Gasteiger partial charge < -0.3 is 19.9 Å². The summed E-state index contributed by atoms with van der Waals surface area (Å²) in [6.07, 6.45) is 0.0939. The average molecular weight is 436 g/mol. The van der Waals surface area contributed by atoms with Crippen molar-refractivity contribution in [2.24, 2.45) is 0 Å². The van der Waals surface area contributed by atoms with Crippen LogP contribution in [0.5, 0.6) is 0 Å². The number of benzene rings is 2. The highest BCUT2D eigenvalue weighted by molar-refractivity contribution is 5.82. The van der Waals surface area contributed by atoms with E-state index in [1.807, 2.05) is 48.5 Å². The van der Waals surface area contributed by atoms with Gasteiger partial charge in [-0.25, -0.2) is 14.4 Å². The first-order chi connectivity index (χ1) is 15.5. The summed E-state index contributed by atoms with van der Waals surface area (Å²) < 4.78 is 10.5. The van der Waals surface area contributed by atoms with Gasteiger partial charge in [-0.2, -0.15) is 0 Å². The molecule has 0 saturated carbocycles. The maximum absolute atomic E-state index is 12.8. The number of ether oxygens (including phenoxy) is 2. The molecule has 2 amide bonds. The molecule has 0 bridgehead atoms. The van der Waals surface area contributed by atoms with Crippen LogP contribution in [0, 0.1) is 0 Å². The molecule has 1 heterocycles. The summed E-state index contributed by atoms with van der Waals surface area (Å²) in [5.74, 6) is -1.28. The van der Waals surface area contributed by atoms with Gasteiger partial charge in [0.2, 0.25) is 0 Å². The number of nitrogens with zero attached hydrogens (tertiary/aromatic N) is 1. The highest BCUT2D eigenvalue weighted by Gasteiger charge is 2.42. The molecule has 0 radical (unpaired) electrons. The van der Waals surface area contributed by atoms with Crippen molar-refractivity contribution in [3.63, 3.8) is 0 Å². The maximum Gasteiger partial charge on any atom is 0.410 e. The fourth-order valence-corrected chi connectivity index (χ4v) is 4.40. The topological polar surface area (TPSA) is 105 Å². The molecule has 32 heavy (non-hydrogen) atoms. The number of hydrogen-bond acceptors (Lipinski definition) is 5. The summed E-state index contributed by atoms with van der Waals surface area (Å²) in [7, 11) is 0. The number of nitrogens with one attached hydrogen (secondary N) is 1. The first-order valence-electron chi connectivity index (χ1n) is 10.4. The van der Waals surface area contributed by atoms with E-state index in [1.54, 1.807) is 0 Å². The monoisotopic (exact) mass is 436 g/mol. The molecule has 8 nitrogen and oxygen atoms in total. The summed E-state index contributed by atoms with van der Waals surface area (Å²) in [6.45, 7) is 3.62. The minimum Gasteiger partial charge on any atom is -0.480 e. The zero-order chi connectivity index (χ0) is 22.7. The zero-order valence-electron chi connectivity index (χ0n) is 17.4. The molecular weight excluding hydrogens is 412 g/mol. The van der Waals surface area contributed by atoms with Crippen molar-refractivity contribution in [1.82, 2.24) is 10.2 Å². The Labute approximate surface area is 185 Å². The minimum atomic E-state index is -1.15. The lowest BCUT2D eigenvalue weighted by Crippen LogP contribution is -2.42. The van der Waals surface area contributed by atoms with E-state index < -0.39 is 30.2 Å². The predicted octanol–water partition coefficient (Wildman–Crippen LogP) is 3.38. The molecule has 8 heteroatoms. The van der Waals surface area contributed by atoms with Crippen LogP contribution in [0.3, 0.4) is 0 Å². The molecule has 2 N–H and O–H groups in total. The number of carbonyl (C=O) groups excluding carboxylic acids is 2. The zero-order valence-corrected chi connectivity index (χ0v) is 17.4. The molecule has 166 valence electrons. The molecule has 4 rings (SSSR count). The largest absolute Gasteiger partial charge is 0.480 e. The van der Waals surface area contributed by atoms with E-state index in [-0.39, 0.29) is 32.1 Å². The third-order valence-electron chi connectivity index (χ3n) is 5.81. The number of rotatable bonds is 6. The van der Waals surface area contributed by atoms with E-state index in [1.165, 1.54) is 6.08 Å². The van der Waals surface area contributed by atoms with Crippen molar-refractivity contribution < 1.29 is 29.0 Å². The number of hydrogen-bond donors (Lipinski definition) is 2. The van der Waals surface area contributed by atoms with Crippen molar-refractivity contribution in [3.8, 4) is 11.1 Å². The highest BCUT2D eigenvalue weighted by Crippen LogP contribution is 2.44. The normalized spacial score (nSPS) is 19.1. The standard InChI is InChI=1S/C24H24N2O6/c1-2-11-31-23(29)25-15-12-21(22(27)28)26(13-15)24(30)32-14-20-18-9-5-3-7-16(18)17-8-4-6-10-19(17)20/h2-10,15,20-21H,1,11-14H2,(H,25,29)(H,27,28)/t15?,21-/m0/s1. The van der Waals surface area contributed by atoms with E-state index >= 15 is 0 Å².